The summed E-state index contributed by atoms with van der Waals surface area (Å²) in [6, 6.07) is 11.0. The van der Waals surface area contributed by atoms with Crippen LogP contribution < -0.4 is 4.72 Å². The van der Waals surface area contributed by atoms with Crippen molar-refractivity contribution < 1.29 is 8.42 Å². The smallest absolute Gasteiger partial charge is 0.206 e. The van der Waals surface area contributed by atoms with Crippen molar-refractivity contribution in [2.24, 2.45) is 0 Å². The van der Waals surface area contributed by atoms with Crippen molar-refractivity contribution in [2.45, 2.75) is 31.0 Å². The largest absolute Gasteiger partial charge is 0.250 e. The maximum atomic E-state index is 12.2. The van der Waals surface area contributed by atoms with Crippen LogP contribution in [0.1, 0.15) is 29.0 Å². The first-order chi connectivity index (χ1) is 8.90. The van der Waals surface area contributed by atoms with E-state index in [-0.39, 0.29) is 6.04 Å². The van der Waals surface area contributed by atoms with Crippen molar-refractivity contribution in [1.82, 2.24) is 4.72 Å². The van der Waals surface area contributed by atoms with Gasteiger partial charge in [-0.1, -0.05) is 24.3 Å². The molecule has 0 spiro atoms. The van der Waals surface area contributed by atoms with Gasteiger partial charge in [-0.3, -0.25) is 0 Å². The van der Waals surface area contributed by atoms with Crippen LogP contribution in [0.5, 0.6) is 0 Å². The van der Waals surface area contributed by atoms with Crippen LogP contribution in [0.2, 0.25) is 0 Å². The van der Waals surface area contributed by atoms with E-state index in [1.54, 1.807) is 6.07 Å². The maximum absolute atomic E-state index is 12.2. The number of hydrogen-bond acceptors (Lipinski definition) is 3. The minimum Gasteiger partial charge on any atom is -0.206 e. The molecule has 1 N–H and O–H groups in total. The number of rotatable bonds is 4. The normalized spacial score (nSPS) is 13.4. The van der Waals surface area contributed by atoms with E-state index in [1.807, 2.05) is 51.1 Å². The van der Waals surface area contributed by atoms with E-state index in [4.69, 9.17) is 0 Å². The first-order valence-electron chi connectivity index (χ1n) is 6.04. The number of thiophene rings is 1. The van der Waals surface area contributed by atoms with E-state index >= 15 is 0 Å². The Morgan fingerprint density at radius 3 is 2.37 bits per heavy atom. The van der Waals surface area contributed by atoms with Gasteiger partial charge in [-0.25, -0.2) is 13.1 Å². The van der Waals surface area contributed by atoms with Crippen molar-refractivity contribution in [3.05, 3.63) is 52.4 Å². The van der Waals surface area contributed by atoms with Gasteiger partial charge in [0.2, 0.25) is 0 Å². The Kier molecular flexibility index (Phi) is 4.08. The van der Waals surface area contributed by atoms with E-state index < -0.39 is 10.0 Å². The highest BCUT2D eigenvalue weighted by molar-refractivity contribution is 7.91. The molecule has 0 aliphatic heterocycles. The van der Waals surface area contributed by atoms with Gasteiger partial charge in [-0.2, -0.15) is 0 Å². The second-order valence-corrected chi connectivity index (χ2v) is 7.79. The van der Waals surface area contributed by atoms with E-state index in [0.717, 1.165) is 16.0 Å². The Morgan fingerprint density at radius 2 is 1.79 bits per heavy atom. The Balaban J connectivity index is 2.24. The summed E-state index contributed by atoms with van der Waals surface area (Å²) in [6.45, 7) is 5.74. The summed E-state index contributed by atoms with van der Waals surface area (Å²) >= 11 is 1.29. The highest BCUT2D eigenvalue weighted by Crippen LogP contribution is 2.24. The molecule has 19 heavy (non-hydrogen) atoms. The van der Waals surface area contributed by atoms with E-state index in [1.165, 1.54) is 11.3 Å². The Hall–Kier alpha value is -1.17. The quantitative estimate of drug-likeness (QED) is 0.939. The van der Waals surface area contributed by atoms with Crippen molar-refractivity contribution >= 4 is 21.4 Å². The predicted molar refractivity (Wildman–Crippen MR) is 79.0 cm³/mol. The molecule has 1 heterocycles. The first-order valence-corrected chi connectivity index (χ1v) is 8.34. The lowest BCUT2D eigenvalue weighted by molar-refractivity contribution is 0.568. The molecule has 1 atom stereocenters. The third-order valence-corrected chi connectivity index (χ3v) is 6.00. The molecule has 3 nitrogen and oxygen atoms in total. The maximum Gasteiger partial charge on any atom is 0.250 e. The molecular formula is C14H17NO2S2. The number of aryl methyl sites for hydroxylation is 2. The molecule has 0 aliphatic carbocycles. The van der Waals surface area contributed by atoms with Crippen LogP contribution in [0, 0.1) is 13.8 Å². The SMILES string of the molecule is Cc1ccc(S(=O)(=O)NC(C)c2ccccc2C)s1. The van der Waals surface area contributed by atoms with Gasteiger partial charge in [0.15, 0.2) is 0 Å². The first kappa shape index (κ1) is 14.2. The van der Waals surface area contributed by atoms with Crippen LogP contribution >= 0.6 is 11.3 Å². The van der Waals surface area contributed by atoms with Gasteiger partial charge >= 0.3 is 0 Å². The molecule has 102 valence electrons. The van der Waals surface area contributed by atoms with Crippen LogP contribution in [0.25, 0.3) is 0 Å². The van der Waals surface area contributed by atoms with Crippen LogP contribution in [-0.2, 0) is 10.0 Å². The zero-order valence-corrected chi connectivity index (χ0v) is 12.8. The summed E-state index contributed by atoms with van der Waals surface area (Å²) in [6.07, 6.45) is 0. The highest BCUT2D eigenvalue weighted by Gasteiger charge is 2.20. The fourth-order valence-electron chi connectivity index (χ4n) is 1.98. The van der Waals surface area contributed by atoms with E-state index in [2.05, 4.69) is 4.72 Å². The monoisotopic (exact) mass is 295 g/mol. The highest BCUT2D eigenvalue weighted by atomic mass is 32.2. The molecule has 0 saturated carbocycles. The van der Waals surface area contributed by atoms with Gasteiger partial charge in [0.05, 0.1) is 0 Å². The average Bonchev–Trinajstić information content (AvgIpc) is 2.76. The van der Waals surface area contributed by atoms with Gasteiger partial charge < -0.3 is 0 Å². The number of sulfonamides is 1. The molecule has 0 aliphatic rings. The third-order valence-electron chi connectivity index (χ3n) is 2.97. The molecule has 2 aromatic rings. The lowest BCUT2D eigenvalue weighted by atomic mass is 10.0. The lowest BCUT2D eigenvalue weighted by Crippen LogP contribution is -2.26. The Morgan fingerprint density at radius 1 is 1.11 bits per heavy atom. The van der Waals surface area contributed by atoms with Crippen LogP contribution in [0.4, 0.5) is 0 Å². The molecule has 0 radical (unpaired) electrons. The van der Waals surface area contributed by atoms with Crippen molar-refractivity contribution in [3.63, 3.8) is 0 Å². The molecule has 0 bridgehead atoms. The zero-order chi connectivity index (χ0) is 14.0. The molecule has 1 aromatic heterocycles. The standard InChI is InChI=1S/C14H17NO2S2/c1-10-6-4-5-7-13(10)12(3)15-19(16,17)14-9-8-11(2)18-14/h4-9,12,15H,1-3H3. The Bertz CT molecular complexity index is 674. The van der Waals surface area contributed by atoms with Crippen LogP contribution in [0.15, 0.2) is 40.6 Å². The van der Waals surface area contributed by atoms with Gasteiger partial charge in [0, 0.05) is 10.9 Å². The van der Waals surface area contributed by atoms with E-state index in [9.17, 15) is 8.42 Å². The average molecular weight is 295 g/mol. The zero-order valence-electron chi connectivity index (χ0n) is 11.2. The second kappa shape index (κ2) is 5.45. The molecule has 2 rings (SSSR count). The summed E-state index contributed by atoms with van der Waals surface area (Å²) in [7, 11) is -3.44. The molecule has 0 fully saturated rings. The van der Waals surface area contributed by atoms with Crippen molar-refractivity contribution in [2.75, 3.05) is 0 Å². The molecule has 1 unspecified atom stereocenters. The minimum absolute atomic E-state index is 0.242. The van der Waals surface area contributed by atoms with Gasteiger partial charge in [0.1, 0.15) is 4.21 Å². The predicted octanol–water partition coefficient (Wildman–Crippen LogP) is 3.40. The summed E-state index contributed by atoms with van der Waals surface area (Å²) in [5.74, 6) is 0. The van der Waals surface area contributed by atoms with Crippen molar-refractivity contribution in [3.8, 4) is 0 Å². The van der Waals surface area contributed by atoms with Gasteiger partial charge in [0.25, 0.3) is 10.0 Å². The number of hydrogen-bond donors (Lipinski definition) is 1. The van der Waals surface area contributed by atoms with Gasteiger partial charge in [-0.15, -0.1) is 11.3 Å². The van der Waals surface area contributed by atoms with Crippen LogP contribution in [-0.4, -0.2) is 8.42 Å². The molecule has 5 heteroatoms. The van der Waals surface area contributed by atoms with E-state index in [0.29, 0.717) is 4.21 Å². The Labute approximate surface area is 118 Å². The summed E-state index contributed by atoms with van der Waals surface area (Å²) < 4.78 is 27.6. The molecule has 1 aromatic carbocycles. The summed E-state index contributed by atoms with van der Waals surface area (Å²) in [4.78, 5) is 0.990. The molecule has 0 amide bonds. The summed E-state index contributed by atoms with van der Waals surface area (Å²) in [5, 5.41) is 0. The lowest BCUT2D eigenvalue weighted by Gasteiger charge is -2.15. The number of nitrogens with one attached hydrogen (secondary N) is 1. The second-order valence-electron chi connectivity index (χ2n) is 4.56. The molecular weight excluding hydrogens is 278 g/mol. The molecule has 0 saturated heterocycles. The van der Waals surface area contributed by atoms with Crippen LogP contribution in [0.3, 0.4) is 0 Å². The van der Waals surface area contributed by atoms with Gasteiger partial charge in [-0.05, 0) is 44.0 Å². The van der Waals surface area contributed by atoms with Crippen molar-refractivity contribution in [1.29, 1.82) is 0 Å². The number of benzene rings is 1. The topological polar surface area (TPSA) is 46.2 Å². The fraction of sp³-hybridized carbons (Fsp3) is 0.286. The third kappa shape index (κ3) is 3.23. The summed E-state index contributed by atoms with van der Waals surface area (Å²) in [5.41, 5.74) is 2.08. The minimum atomic E-state index is -3.44. The fourth-order valence-corrected chi connectivity index (χ4v) is 4.51.